The number of carbonyl (C=O) groups excluding carboxylic acids is 2. The van der Waals surface area contributed by atoms with Crippen molar-refractivity contribution in [3.8, 4) is 0 Å². The first-order chi connectivity index (χ1) is 12.7. The molecule has 6 nitrogen and oxygen atoms in total. The van der Waals surface area contributed by atoms with Gasteiger partial charge >= 0.3 is 0 Å². The lowest BCUT2D eigenvalue weighted by molar-refractivity contribution is 0.0928. The van der Waals surface area contributed by atoms with Gasteiger partial charge in [0.2, 0.25) is 0 Å². The Kier molecular flexibility index (Phi) is 6.30. The van der Waals surface area contributed by atoms with Gasteiger partial charge in [0.05, 0.1) is 0 Å². The van der Waals surface area contributed by atoms with Crippen LogP contribution in [0.15, 0.2) is 42.9 Å². The number of nitrogens with zero attached hydrogens (tertiary/aromatic N) is 2. The summed E-state index contributed by atoms with van der Waals surface area (Å²) in [5.41, 5.74) is 1.68. The molecule has 0 aromatic carbocycles. The van der Waals surface area contributed by atoms with Crippen molar-refractivity contribution in [3.05, 3.63) is 59.7 Å². The fourth-order valence-corrected chi connectivity index (χ4v) is 3.16. The maximum Gasteiger partial charge on any atom is 0.270 e. The first kappa shape index (κ1) is 18.0. The van der Waals surface area contributed by atoms with E-state index in [1.165, 1.54) is 19.0 Å². The summed E-state index contributed by atoms with van der Waals surface area (Å²) >= 11 is 0. The summed E-state index contributed by atoms with van der Waals surface area (Å²) in [7, 11) is 0. The first-order valence-electron chi connectivity index (χ1n) is 9.16. The quantitative estimate of drug-likeness (QED) is 0.811. The Morgan fingerprint density at radius 2 is 1.69 bits per heavy atom. The average Bonchev–Trinajstić information content (AvgIpc) is 2.95. The Labute approximate surface area is 153 Å². The fourth-order valence-electron chi connectivity index (χ4n) is 3.16. The first-order valence-corrected chi connectivity index (χ1v) is 9.16. The summed E-state index contributed by atoms with van der Waals surface area (Å²) in [5.74, 6) is -0.437. The van der Waals surface area contributed by atoms with Crippen LogP contribution in [0.4, 0.5) is 0 Å². The average molecular weight is 352 g/mol. The third-order valence-corrected chi connectivity index (χ3v) is 4.65. The Hall–Kier alpha value is -2.76. The molecule has 0 unspecified atom stereocenters. The minimum Gasteiger partial charge on any atom is -0.348 e. The largest absolute Gasteiger partial charge is 0.348 e. The summed E-state index contributed by atoms with van der Waals surface area (Å²) in [6.07, 6.45) is 11.7. The van der Waals surface area contributed by atoms with Gasteiger partial charge in [-0.3, -0.25) is 19.6 Å². The van der Waals surface area contributed by atoms with E-state index in [1.807, 2.05) is 12.1 Å². The van der Waals surface area contributed by atoms with E-state index < -0.39 is 0 Å². The molecular formula is C20H24N4O2. The molecule has 2 aromatic rings. The van der Waals surface area contributed by atoms with Crippen LogP contribution in [0.25, 0.3) is 0 Å². The molecule has 2 aromatic heterocycles. The molecule has 1 saturated carbocycles. The number of rotatable bonds is 5. The van der Waals surface area contributed by atoms with Crippen molar-refractivity contribution in [1.82, 2.24) is 20.6 Å². The number of carbonyl (C=O) groups is 2. The molecule has 0 aliphatic heterocycles. The minimum absolute atomic E-state index is 0.205. The molecule has 3 rings (SSSR count). The molecule has 26 heavy (non-hydrogen) atoms. The smallest absolute Gasteiger partial charge is 0.270 e. The molecule has 0 bridgehead atoms. The van der Waals surface area contributed by atoms with E-state index in [9.17, 15) is 9.59 Å². The van der Waals surface area contributed by atoms with Gasteiger partial charge in [-0.05, 0) is 42.7 Å². The van der Waals surface area contributed by atoms with Crippen LogP contribution in [0.2, 0.25) is 0 Å². The Balaban J connectivity index is 1.59. The van der Waals surface area contributed by atoms with Crippen LogP contribution in [0.5, 0.6) is 0 Å². The maximum absolute atomic E-state index is 12.5. The molecule has 1 fully saturated rings. The summed E-state index contributed by atoms with van der Waals surface area (Å²) in [6, 6.07) is 7.06. The second-order valence-corrected chi connectivity index (χ2v) is 6.63. The van der Waals surface area contributed by atoms with E-state index in [2.05, 4.69) is 20.6 Å². The van der Waals surface area contributed by atoms with Crippen molar-refractivity contribution >= 4 is 11.8 Å². The van der Waals surface area contributed by atoms with Gasteiger partial charge in [-0.1, -0.05) is 25.7 Å². The number of hydrogen-bond donors (Lipinski definition) is 2. The highest BCUT2D eigenvalue weighted by Crippen LogP contribution is 2.17. The van der Waals surface area contributed by atoms with E-state index in [4.69, 9.17) is 0 Å². The summed E-state index contributed by atoms with van der Waals surface area (Å²) in [6.45, 7) is 0.410. The number of aromatic nitrogens is 2. The molecule has 6 heteroatoms. The van der Waals surface area contributed by atoms with Crippen molar-refractivity contribution in [2.45, 2.75) is 51.1 Å². The SMILES string of the molecule is O=C(NCc1ccncc1)c1ccnc(C(=O)NC2CCCCCC2)c1. The second-order valence-electron chi connectivity index (χ2n) is 6.63. The lowest BCUT2D eigenvalue weighted by Crippen LogP contribution is -2.35. The van der Waals surface area contributed by atoms with E-state index in [0.29, 0.717) is 12.1 Å². The zero-order valence-electron chi connectivity index (χ0n) is 14.8. The minimum atomic E-state index is -0.229. The summed E-state index contributed by atoms with van der Waals surface area (Å²) < 4.78 is 0. The zero-order chi connectivity index (χ0) is 18.2. The lowest BCUT2D eigenvalue weighted by atomic mass is 10.1. The number of hydrogen-bond acceptors (Lipinski definition) is 4. The molecule has 136 valence electrons. The molecular weight excluding hydrogens is 328 g/mol. The molecule has 0 saturated heterocycles. The molecule has 1 aliphatic carbocycles. The van der Waals surface area contributed by atoms with Gasteiger partial charge in [-0.25, -0.2) is 0 Å². The topological polar surface area (TPSA) is 84.0 Å². The van der Waals surface area contributed by atoms with Crippen LogP contribution in [0, 0.1) is 0 Å². The highest BCUT2D eigenvalue weighted by molar-refractivity contribution is 5.98. The van der Waals surface area contributed by atoms with Crippen molar-refractivity contribution < 1.29 is 9.59 Å². The van der Waals surface area contributed by atoms with Gasteiger partial charge in [0.25, 0.3) is 11.8 Å². The highest BCUT2D eigenvalue weighted by Gasteiger charge is 2.17. The number of nitrogens with one attached hydrogen (secondary N) is 2. The van der Waals surface area contributed by atoms with Crippen molar-refractivity contribution in [2.24, 2.45) is 0 Å². The van der Waals surface area contributed by atoms with Crippen LogP contribution in [-0.2, 0) is 6.54 Å². The van der Waals surface area contributed by atoms with Crippen LogP contribution < -0.4 is 10.6 Å². The normalized spacial score (nSPS) is 15.1. The Morgan fingerprint density at radius 3 is 2.42 bits per heavy atom. The fraction of sp³-hybridized carbons (Fsp3) is 0.400. The van der Waals surface area contributed by atoms with Crippen molar-refractivity contribution in [2.75, 3.05) is 0 Å². The Bertz CT molecular complexity index is 740. The monoisotopic (exact) mass is 352 g/mol. The molecule has 2 heterocycles. The standard InChI is InChI=1S/C20H24N4O2/c25-19(23-14-15-7-10-21-11-8-15)16-9-12-22-18(13-16)20(26)24-17-5-3-1-2-4-6-17/h7-13,17H,1-6,14H2,(H,23,25)(H,24,26). The third-order valence-electron chi connectivity index (χ3n) is 4.65. The van der Waals surface area contributed by atoms with Gasteiger partial charge in [0, 0.05) is 36.7 Å². The predicted molar refractivity (Wildman–Crippen MR) is 98.6 cm³/mol. The van der Waals surface area contributed by atoms with Crippen LogP contribution in [0.1, 0.15) is 64.9 Å². The van der Waals surface area contributed by atoms with E-state index in [-0.39, 0.29) is 23.6 Å². The molecule has 1 aliphatic rings. The van der Waals surface area contributed by atoms with Gasteiger partial charge in [0.15, 0.2) is 0 Å². The maximum atomic E-state index is 12.5. The number of pyridine rings is 2. The van der Waals surface area contributed by atoms with Crippen LogP contribution in [-0.4, -0.2) is 27.8 Å². The van der Waals surface area contributed by atoms with Crippen LogP contribution >= 0.6 is 0 Å². The molecule has 0 spiro atoms. The molecule has 0 radical (unpaired) electrons. The highest BCUT2D eigenvalue weighted by atomic mass is 16.2. The predicted octanol–water partition coefficient (Wildman–Crippen LogP) is 2.86. The van der Waals surface area contributed by atoms with E-state index >= 15 is 0 Å². The summed E-state index contributed by atoms with van der Waals surface area (Å²) in [4.78, 5) is 32.9. The number of amides is 2. The van der Waals surface area contributed by atoms with Gasteiger partial charge in [-0.2, -0.15) is 0 Å². The Morgan fingerprint density at radius 1 is 0.962 bits per heavy atom. The van der Waals surface area contributed by atoms with Gasteiger partial charge in [0.1, 0.15) is 5.69 Å². The lowest BCUT2D eigenvalue weighted by Gasteiger charge is -2.16. The van der Waals surface area contributed by atoms with Gasteiger partial charge in [-0.15, -0.1) is 0 Å². The summed E-state index contributed by atoms with van der Waals surface area (Å²) in [5, 5.41) is 5.90. The van der Waals surface area contributed by atoms with Crippen LogP contribution in [0.3, 0.4) is 0 Å². The van der Waals surface area contributed by atoms with Gasteiger partial charge < -0.3 is 10.6 Å². The molecule has 2 amide bonds. The third kappa shape index (κ3) is 5.12. The second kappa shape index (κ2) is 9.08. The van der Waals surface area contributed by atoms with E-state index in [0.717, 1.165) is 31.2 Å². The van der Waals surface area contributed by atoms with E-state index in [1.54, 1.807) is 24.5 Å². The molecule has 2 N–H and O–H groups in total. The zero-order valence-corrected chi connectivity index (χ0v) is 14.8. The molecule has 0 atom stereocenters. The van der Waals surface area contributed by atoms with Crippen molar-refractivity contribution in [1.29, 1.82) is 0 Å². The van der Waals surface area contributed by atoms with Crippen molar-refractivity contribution in [3.63, 3.8) is 0 Å².